The Kier molecular flexibility index (Phi) is 3.76. The standard InChI is InChI=1S/C17H20N4/c1-12-6-7-21(14(8-12)11-19)17-9-13(10-18)15-4-2-3-5-16(15)20-17/h2-5,9,12,14H,6-8,11,19H2,1H3. The number of aromatic nitrogens is 1. The van der Waals surface area contributed by atoms with Crippen LogP contribution >= 0.6 is 0 Å². The second kappa shape index (κ2) is 5.71. The van der Waals surface area contributed by atoms with Gasteiger partial charge in [0.15, 0.2) is 0 Å². The van der Waals surface area contributed by atoms with E-state index in [1.165, 1.54) is 0 Å². The number of fused-ring (bicyclic) bond motifs is 1. The minimum atomic E-state index is 0.314. The van der Waals surface area contributed by atoms with Crippen LogP contribution in [-0.2, 0) is 0 Å². The molecule has 108 valence electrons. The van der Waals surface area contributed by atoms with Crippen molar-refractivity contribution in [3.05, 3.63) is 35.9 Å². The Morgan fingerprint density at radius 2 is 2.24 bits per heavy atom. The highest BCUT2D eigenvalue weighted by molar-refractivity contribution is 5.86. The maximum Gasteiger partial charge on any atom is 0.130 e. The molecule has 2 heterocycles. The molecule has 2 N–H and O–H groups in total. The minimum Gasteiger partial charge on any atom is -0.352 e. The molecule has 0 bridgehead atoms. The first-order chi connectivity index (χ1) is 10.2. The lowest BCUT2D eigenvalue weighted by Gasteiger charge is -2.39. The van der Waals surface area contributed by atoms with Gasteiger partial charge >= 0.3 is 0 Å². The van der Waals surface area contributed by atoms with Crippen molar-refractivity contribution in [1.82, 2.24) is 4.98 Å². The molecule has 2 unspecified atom stereocenters. The van der Waals surface area contributed by atoms with Gasteiger partial charge in [0.2, 0.25) is 0 Å². The highest BCUT2D eigenvalue weighted by Crippen LogP contribution is 2.29. The molecule has 0 radical (unpaired) electrons. The van der Waals surface area contributed by atoms with E-state index in [1.807, 2.05) is 30.3 Å². The molecule has 1 saturated heterocycles. The number of pyridine rings is 1. The Hall–Kier alpha value is -2.12. The molecule has 0 aliphatic carbocycles. The van der Waals surface area contributed by atoms with E-state index >= 15 is 0 Å². The molecule has 0 saturated carbocycles. The number of piperidine rings is 1. The molecule has 0 amide bonds. The topological polar surface area (TPSA) is 65.9 Å². The molecular formula is C17H20N4. The molecule has 21 heavy (non-hydrogen) atoms. The Morgan fingerprint density at radius 3 is 3.00 bits per heavy atom. The van der Waals surface area contributed by atoms with Gasteiger partial charge in [-0.3, -0.25) is 0 Å². The number of nitrogens with zero attached hydrogens (tertiary/aromatic N) is 3. The van der Waals surface area contributed by atoms with Crippen LogP contribution in [-0.4, -0.2) is 24.1 Å². The molecule has 0 spiro atoms. The fourth-order valence-electron chi connectivity index (χ4n) is 3.18. The van der Waals surface area contributed by atoms with Gasteiger partial charge in [0.05, 0.1) is 17.1 Å². The lowest BCUT2D eigenvalue weighted by atomic mass is 9.92. The summed E-state index contributed by atoms with van der Waals surface area (Å²) in [6.45, 7) is 3.86. The molecular weight excluding hydrogens is 260 g/mol. The van der Waals surface area contributed by atoms with Gasteiger partial charge in [0, 0.05) is 24.5 Å². The van der Waals surface area contributed by atoms with Crippen molar-refractivity contribution >= 4 is 16.7 Å². The SMILES string of the molecule is CC1CCN(c2cc(C#N)c3ccccc3n2)C(CN)C1. The third kappa shape index (κ3) is 2.57. The number of benzene rings is 1. The largest absolute Gasteiger partial charge is 0.352 e. The van der Waals surface area contributed by atoms with E-state index in [0.717, 1.165) is 36.1 Å². The van der Waals surface area contributed by atoms with E-state index < -0.39 is 0 Å². The summed E-state index contributed by atoms with van der Waals surface area (Å²) in [4.78, 5) is 7.02. The zero-order valence-electron chi connectivity index (χ0n) is 12.3. The number of nitriles is 1. The summed E-state index contributed by atoms with van der Waals surface area (Å²) in [6, 6.07) is 12.3. The highest BCUT2D eigenvalue weighted by atomic mass is 15.2. The van der Waals surface area contributed by atoms with Crippen LogP contribution in [0.4, 0.5) is 5.82 Å². The maximum atomic E-state index is 9.40. The average Bonchev–Trinajstić information content (AvgIpc) is 2.53. The summed E-state index contributed by atoms with van der Waals surface area (Å²) in [5.41, 5.74) is 7.50. The first-order valence-electron chi connectivity index (χ1n) is 7.49. The van der Waals surface area contributed by atoms with Crippen molar-refractivity contribution in [1.29, 1.82) is 5.26 Å². The molecule has 4 nitrogen and oxygen atoms in total. The van der Waals surface area contributed by atoms with Crippen LogP contribution in [0.2, 0.25) is 0 Å². The van der Waals surface area contributed by atoms with Gasteiger partial charge in [-0.05, 0) is 30.9 Å². The summed E-state index contributed by atoms with van der Waals surface area (Å²) in [6.07, 6.45) is 2.24. The van der Waals surface area contributed by atoms with E-state index in [1.54, 1.807) is 0 Å². The molecule has 1 aromatic carbocycles. The van der Waals surface area contributed by atoms with Gasteiger partial charge < -0.3 is 10.6 Å². The van der Waals surface area contributed by atoms with Crippen molar-refractivity contribution in [2.45, 2.75) is 25.8 Å². The predicted molar refractivity (Wildman–Crippen MR) is 85.0 cm³/mol. The number of anilines is 1. The van der Waals surface area contributed by atoms with E-state index in [4.69, 9.17) is 10.7 Å². The molecule has 4 heteroatoms. The number of nitrogens with two attached hydrogens (primary N) is 1. The first kappa shape index (κ1) is 13.8. The second-order valence-electron chi connectivity index (χ2n) is 5.87. The summed E-state index contributed by atoms with van der Waals surface area (Å²) in [5.74, 6) is 1.58. The van der Waals surface area contributed by atoms with Crippen molar-refractivity contribution in [2.75, 3.05) is 18.0 Å². The average molecular weight is 280 g/mol. The monoisotopic (exact) mass is 280 g/mol. The fourth-order valence-corrected chi connectivity index (χ4v) is 3.18. The third-order valence-electron chi connectivity index (χ3n) is 4.37. The summed E-state index contributed by atoms with van der Waals surface area (Å²) < 4.78 is 0. The second-order valence-corrected chi connectivity index (χ2v) is 5.87. The summed E-state index contributed by atoms with van der Waals surface area (Å²) in [7, 11) is 0. The Bertz CT molecular complexity index is 689. The van der Waals surface area contributed by atoms with Crippen molar-refractivity contribution in [3.63, 3.8) is 0 Å². The minimum absolute atomic E-state index is 0.314. The Balaban J connectivity index is 2.06. The number of para-hydroxylation sites is 1. The van der Waals surface area contributed by atoms with E-state index in [2.05, 4.69) is 17.9 Å². The molecule has 2 aromatic rings. The smallest absolute Gasteiger partial charge is 0.130 e. The Morgan fingerprint density at radius 1 is 1.43 bits per heavy atom. The van der Waals surface area contributed by atoms with Crippen LogP contribution in [0.1, 0.15) is 25.3 Å². The van der Waals surface area contributed by atoms with Gasteiger partial charge in [-0.15, -0.1) is 0 Å². The van der Waals surface area contributed by atoms with E-state index in [0.29, 0.717) is 24.1 Å². The quantitative estimate of drug-likeness (QED) is 0.918. The summed E-state index contributed by atoms with van der Waals surface area (Å²) in [5, 5.41) is 10.3. The number of hydrogen-bond acceptors (Lipinski definition) is 4. The zero-order chi connectivity index (χ0) is 14.8. The molecule has 3 rings (SSSR count). The number of rotatable bonds is 2. The molecule has 1 aliphatic heterocycles. The van der Waals surface area contributed by atoms with Gasteiger partial charge in [0.25, 0.3) is 0 Å². The lowest BCUT2D eigenvalue weighted by Crippen LogP contribution is -2.46. The van der Waals surface area contributed by atoms with Crippen LogP contribution in [0.15, 0.2) is 30.3 Å². The van der Waals surface area contributed by atoms with E-state index in [-0.39, 0.29) is 0 Å². The molecule has 1 aromatic heterocycles. The molecule has 2 atom stereocenters. The predicted octanol–water partition coefficient (Wildman–Crippen LogP) is 2.67. The van der Waals surface area contributed by atoms with E-state index in [9.17, 15) is 5.26 Å². The van der Waals surface area contributed by atoms with Crippen LogP contribution in [0, 0.1) is 17.2 Å². The van der Waals surface area contributed by atoms with Crippen LogP contribution < -0.4 is 10.6 Å². The first-order valence-corrected chi connectivity index (χ1v) is 7.49. The van der Waals surface area contributed by atoms with Crippen molar-refractivity contribution in [2.24, 2.45) is 11.7 Å². The third-order valence-corrected chi connectivity index (χ3v) is 4.37. The van der Waals surface area contributed by atoms with Crippen molar-refractivity contribution in [3.8, 4) is 6.07 Å². The molecule has 1 fully saturated rings. The summed E-state index contributed by atoms with van der Waals surface area (Å²) >= 11 is 0. The number of hydrogen-bond donors (Lipinski definition) is 1. The zero-order valence-corrected chi connectivity index (χ0v) is 12.3. The van der Waals surface area contributed by atoms with Gasteiger partial charge in [-0.25, -0.2) is 4.98 Å². The highest BCUT2D eigenvalue weighted by Gasteiger charge is 2.26. The maximum absolute atomic E-state index is 9.40. The molecule has 1 aliphatic rings. The van der Waals surface area contributed by atoms with Crippen molar-refractivity contribution < 1.29 is 0 Å². The van der Waals surface area contributed by atoms with Crippen LogP contribution in [0.3, 0.4) is 0 Å². The fraction of sp³-hybridized carbons (Fsp3) is 0.412. The van der Waals surface area contributed by atoms with Gasteiger partial charge in [-0.1, -0.05) is 25.1 Å². The van der Waals surface area contributed by atoms with Crippen LogP contribution in [0.5, 0.6) is 0 Å². The van der Waals surface area contributed by atoms with Gasteiger partial charge in [-0.2, -0.15) is 5.26 Å². The van der Waals surface area contributed by atoms with Gasteiger partial charge in [0.1, 0.15) is 5.82 Å². The Labute approximate surface area is 125 Å². The van der Waals surface area contributed by atoms with Crippen LogP contribution in [0.25, 0.3) is 10.9 Å². The normalized spacial score (nSPS) is 22.2. The lowest BCUT2D eigenvalue weighted by molar-refractivity contribution is 0.365.